The highest BCUT2D eigenvalue weighted by atomic mass is 16.4. The van der Waals surface area contributed by atoms with Crippen molar-refractivity contribution in [1.82, 2.24) is 10.6 Å². The van der Waals surface area contributed by atoms with Gasteiger partial charge in [-0.3, -0.25) is 9.59 Å². The number of carbonyl (C=O) groups excluding carboxylic acids is 2. The highest BCUT2D eigenvalue weighted by molar-refractivity contribution is 5.85. The zero-order valence-electron chi connectivity index (χ0n) is 14.4. The first-order valence-electron chi connectivity index (χ1n) is 8.10. The molecule has 136 valence electrons. The Morgan fingerprint density at radius 3 is 2.50 bits per heavy atom. The van der Waals surface area contributed by atoms with Crippen LogP contribution in [0.4, 0.5) is 10.5 Å². The van der Waals surface area contributed by atoms with Gasteiger partial charge in [0.2, 0.25) is 12.3 Å². The molecule has 3 amide bonds. The third-order valence-corrected chi connectivity index (χ3v) is 3.79. The molecule has 26 heavy (non-hydrogen) atoms. The molecule has 0 aliphatic rings. The van der Waals surface area contributed by atoms with Gasteiger partial charge >= 0.3 is 6.09 Å². The van der Waals surface area contributed by atoms with Crippen molar-refractivity contribution in [2.75, 3.05) is 5.32 Å². The normalized spacial score (nSPS) is 11.3. The van der Waals surface area contributed by atoms with E-state index in [9.17, 15) is 14.4 Å². The van der Waals surface area contributed by atoms with Crippen LogP contribution in [0.2, 0.25) is 0 Å². The molecule has 2 aromatic carbocycles. The minimum Gasteiger partial charge on any atom is -0.465 e. The summed E-state index contributed by atoms with van der Waals surface area (Å²) in [4.78, 5) is 34.0. The maximum absolute atomic E-state index is 12.4. The van der Waals surface area contributed by atoms with Gasteiger partial charge in [-0.1, -0.05) is 42.0 Å². The summed E-state index contributed by atoms with van der Waals surface area (Å²) in [6, 6.07) is 13.6. The second-order valence-corrected chi connectivity index (χ2v) is 5.87. The Morgan fingerprint density at radius 2 is 1.85 bits per heavy atom. The lowest BCUT2D eigenvalue weighted by atomic mass is 10.0. The van der Waals surface area contributed by atoms with Crippen LogP contribution in [0.25, 0.3) is 0 Å². The molecule has 7 nitrogen and oxygen atoms in total. The molecule has 0 saturated heterocycles. The predicted molar refractivity (Wildman–Crippen MR) is 97.8 cm³/mol. The second-order valence-electron chi connectivity index (χ2n) is 5.87. The van der Waals surface area contributed by atoms with Gasteiger partial charge in [-0.25, -0.2) is 4.79 Å². The summed E-state index contributed by atoms with van der Waals surface area (Å²) >= 11 is 0. The number of nitrogens with one attached hydrogen (secondary N) is 3. The fourth-order valence-corrected chi connectivity index (χ4v) is 2.47. The first-order valence-corrected chi connectivity index (χ1v) is 8.10. The Balaban J connectivity index is 2.04. The van der Waals surface area contributed by atoms with Crippen molar-refractivity contribution in [3.05, 3.63) is 65.2 Å². The Morgan fingerprint density at radius 1 is 1.12 bits per heavy atom. The van der Waals surface area contributed by atoms with E-state index in [2.05, 4.69) is 16.0 Å². The van der Waals surface area contributed by atoms with E-state index in [0.717, 1.165) is 16.7 Å². The molecule has 2 aromatic rings. The summed E-state index contributed by atoms with van der Waals surface area (Å²) in [5, 5.41) is 16.5. The van der Waals surface area contributed by atoms with Crippen LogP contribution >= 0.6 is 0 Å². The van der Waals surface area contributed by atoms with Crippen LogP contribution in [0.15, 0.2) is 48.5 Å². The van der Waals surface area contributed by atoms with Crippen molar-refractivity contribution in [3.8, 4) is 0 Å². The van der Waals surface area contributed by atoms with E-state index >= 15 is 0 Å². The molecule has 0 fully saturated rings. The van der Waals surface area contributed by atoms with Crippen LogP contribution in [0.5, 0.6) is 0 Å². The third-order valence-electron chi connectivity index (χ3n) is 3.79. The first-order chi connectivity index (χ1) is 12.5. The highest BCUT2D eigenvalue weighted by Crippen LogP contribution is 2.12. The average molecular weight is 355 g/mol. The quantitative estimate of drug-likeness (QED) is 0.544. The van der Waals surface area contributed by atoms with Gasteiger partial charge in [0.05, 0.1) is 0 Å². The fraction of sp³-hybridized carbons (Fsp3) is 0.211. The van der Waals surface area contributed by atoms with Gasteiger partial charge in [0.1, 0.15) is 6.04 Å². The molecule has 0 aromatic heterocycles. The van der Waals surface area contributed by atoms with Crippen LogP contribution in [0.1, 0.15) is 16.7 Å². The van der Waals surface area contributed by atoms with Crippen LogP contribution < -0.4 is 16.0 Å². The summed E-state index contributed by atoms with van der Waals surface area (Å²) in [6.45, 7) is 2.28. The number of amides is 3. The van der Waals surface area contributed by atoms with Gasteiger partial charge in [-0.05, 0) is 30.2 Å². The number of anilines is 1. The zero-order chi connectivity index (χ0) is 18.9. The molecule has 1 atom stereocenters. The maximum Gasteiger partial charge on any atom is 0.405 e. The highest BCUT2D eigenvalue weighted by Gasteiger charge is 2.21. The van der Waals surface area contributed by atoms with Crippen LogP contribution in [0.3, 0.4) is 0 Å². The van der Waals surface area contributed by atoms with Gasteiger partial charge in [-0.15, -0.1) is 0 Å². The number of carbonyl (C=O) groups is 3. The van der Waals surface area contributed by atoms with Gasteiger partial charge in [-0.2, -0.15) is 0 Å². The topological polar surface area (TPSA) is 108 Å². The van der Waals surface area contributed by atoms with E-state index in [0.29, 0.717) is 18.6 Å². The lowest BCUT2D eigenvalue weighted by Gasteiger charge is -2.17. The summed E-state index contributed by atoms with van der Waals surface area (Å²) in [7, 11) is 0. The smallest absolute Gasteiger partial charge is 0.405 e. The van der Waals surface area contributed by atoms with Gasteiger partial charge < -0.3 is 21.1 Å². The van der Waals surface area contributed by atoms with Crippen molar-refractivity contribution >= 4 is 24.1 Å². The molecule has 0 aliphatic carbocycles. The van der Waals surface area contributed by atoms with Gasteiger partial charge in [0.25, 0.3) is 0 Å². The summed E-state index contributed by atoms with van der Waals surface area (Å²) < 4.78 is 0. The lowest BCUT2D eigenvalue weighted by molar-refractivity contribution is -0.123. The van der Waals surface area contributed by atoms with E-state index in [1.54, 1.807) is 24.3 Å². The Bertz CT molecular complexity index is 775. The number of rotatable bonds is 8. The van der Waals surface area contributed by atoms with Crippen LogP contribution in [-0.2, 0) is 22.6 Å². The first kappa shape index (κ1) is 19.0. The molecule has 0 radical (unpaired) electrons. The van der Waals surface area contributed by atoms with E-state index in [1.165, 1.54) is 0 Å². The zero-order valence-corrected chi connectivity index (χ0v) is 14.4. The Hall–Kier alpha value is -3.35. The van der Waals surface area contributed by atoms with Crippen LogP contribution in [-0.4, -0.2) is 29.6 Å². The molecule has 4 N–H and O–H groups in total. The van der Waals surface area contributed by atoms with Crippen molar-refractivity contribution in [2.45, 2.75) is 25.9 Å². The van der Waals surface area contributed by atoms with Gasteiger partial charge in [0.15, 0.2) is 0 Å². The second kappa shape index (κ2) is 9.22. The van der Waals surface area contributed by atoms with Crippen molar-refractivity contribution < 1.29 is 19.5 Å². The Labute approximate surface area is 151 Å². The largest absolute Gasteiger partial charge is 0.465 e. The minimum atomic E-state index is -1.28. The summed E-state index contributed by atoms with van der Waals surface area (Å²) in [5.74, 6) is -0.415. The third kappa shape index (κ3) is 5.94. The summed E-state index contributed by atoms with van der Waals surface area (Å²) in [6.07, 6.45) is -0.552. The minimum absolute atomic E-state index is 0.167. The number of hydrogen-bond acceptors (Lipinski definition) is 3. The van der Waals surface area contributed by atoms with E-state index in [1.807, 2.05) is 31.2 Å². The maximum atomic E-state index is 12.4. The molecule has 0 heterocycles. The molecule has 7 heteroatoms. The molecule has 0 aliphatic heterocycles. The predicted octanol–water partition coefficient (Wildman–Crippen LogP) is 2.06. The van der Waals surface area contributed by atoms with Crippen molar-refractivity contribution in [2.24, 2.45) is 0 Å². The number of benzene rings is 2. The standard InChI is InChI=1S/C19H21N3O4/c1-13-5-7-14(8-6-13)11-20-18(24)17(22-19(25)26)10-15-3-2-4-16(9-15)21-12-23/h2-9,12,17,22H,10-11H2,1H3,(H,20,24)(H,21,23)(H,25,26). The van der Waals surface area contributed by atoms with Crippen molar-refractivity contribution in [3.63, 3.8) is 0 Å². The average Bonchev–Trinajstić information content (AvgIpc) is 2.61. The van der Waals surface area contributed by atoms with E-state index in [-0.39, 0.29) is 6.42 Å². The SMILES string of the molecule is Cc1ccc(CNC(=O)C(Cc2cccc(NC=O)c2)NC(=O)O)cc1. The summed E-state index contributed by atoms with van der Waals surface area (Å²) in [5.41, 5.74) is 3.34. The van der Waals surface area contributed by atoms with Crippen LogP contribution in [0, 0.1) is 6.92 Å². The van der Waals surface area contributed by atoms with E-state index < -0.39 is 18.0 Å². The van der Waals surface area contributed by atoms with E-state index in [4.69, 9.17) is 5.11 Å². The number of aryl methyl sites for hydroxylation is 1. The molecule has 2 rings (SSSR count). The number of hydrogen-bond donors (Lipinski definition) is 4. The molecule has 0 bridgehead atoms. The molecular formula is C19H21N3O4. The van der Waals surface area contributed by atoms with Crippen molar-refractivity contribution in [1.29, 1.82) is 0 Å². The Kier molecular flexibility index (Phi) is 6.73. The molecule has 0 saturated carbocycles. The lowest BCUT2D eigenvalue weighted by Crippen LogP contribution is -2.47. The monoisotopic (exact) mass is 355 g/mol. The number of carboxylic acid groups (broad SMARTS) is 1. The molecule has 0 spiro atoms. The molecule has 1 unspecified atom stereocenters. The molecular weight excluding hydrogens is 334 g/mol. The van der Waals surface area contributed by atoms with Gasteiger partial charge in [0, 0.05) is 18.7 Å². The fourth-order valence-electron chi connectivity index (χ4n) is 2.47.